The number of hydrogen-bond donors (Lipinski definition) is 1. The minimum atomic E-state index is -0.0810. The Hall–Kier alpha value is -1.84. The number of nitrogen functional groups attached to an aromatic ring is 1. The lowest BCUT2D eigenvalue weighted by Crippen LogP contribution is -3.00. The number of aromatic nitrogens is 1. The highest BCUT2D eigenvalue weighted by molar-refractivity contribution is 6.30. The van der Waals surface area contributed by atoms with Crippen LogP contribution in [0, 0.1) is 0 Å². The predicted octanol–water partition coefficient (Wildman–Crippen LogP) is -0.433. The highest BCUT2D eigenvalue weighted by Gasteiger charge is 2.04. The Bertz CT molecular complexity index is 598. The minimum absolute atomic E-state index is 0. The molecular formula is C14H12Cl2N2O. The Morgan fingerprint density at radius 3 is 2.53 bits per heavy atom. The van der Waals surface area contributed by atoms with Crippen molar-refractivity contribution in [3.8, 4) is 0 Å². The van der Waals surface area contributed by atoms with Crippen LogP contribution in [0.2, 0.25) is 5.02 Å². The molecule has 1 aromatic heterocycles. The monoisotopic (exact) mass is 294 g/mol. The van der Waals surface area contributed by atoms with E-state index in [4.69, 9.17) is 17.3 Å². The molecule has 0 saturated heterocycles. The predicted molar refractivity (Wildman–Crippen MR) is 72.2 cm³/mol. The fourth-order valence-electron chi connectivity index (χ4n) is 1.48. The lowest BCUT2D eigenvalue weighted by molar-refractivity contribution is -0.552. The van der Waals surface area contributed by atoms with E-state index in [0.717, 1.165) is 0 Å². The SMILES string of the molecule is Nc1ccc(Cl)c[n+]1/C=C/C(=O)c1ccccc1.[Cl-]. The van der Waals surface area contributed by atoms with Gasteiger partial charge in [-0.3, -0.25) is 10.5 Å². The number of hydrogen-bond acceptors (Lipinski definition) is 2. The van der Waals surface area contributed by atoms with Crippen molar-refractivity contribution < 1.29 is 21.8 Å². The molecule has 2 rings (SSSR count). The molecule has 0 fully saturated rings. The van der Waals surface area contributed by atoms with Crippen LogP contribution in [-0.4, -0.2) is 5.78 Å². The molecule has 0 aliphatic rings. The molecule has 19 heavy (non-hydrogen) atoms. The summed E-state index contributed by atoms with van der Waals surface area (Å²) in [5.74, 6) is 0.430. The number of rotatable bonds is 3. The number of nitrogens with zero attached hydrogens (tertiary/aromatic N) is 1. The van der Waals surface area contributed by atoms with Crippen molar-refractivity contribution >= 4 is 29.4 Å². The number of nitrogens with two attached hydrogens (primary N) is 1. The van der Waals surface area contributed by atoms with Crippen molar-refractivity contribution in [1.82, 2.24) is 0 Å². The third-order valence-corrected chi connectivity index (χ3v) is 2.64. The maximum absolute atomic E-state index is 11.8. The van der Waals surface area contributed by atoms with E-state index < -0.39 is 0 Å². The quantitative estimate of drug-likeness (QED) is 0.474. The second kappa shape index (κ2) is 6.92. The molecule has 2 aromatic rings. The zero-order chi connectivity index (χ0) is 13.0. The van der Waals surface area contributed by atoms with Crippen molar-refractivity contribution in [3.63, 3.8) is 0 Å². The Labute approximate surface area is 122 Å². The Morgan fingerprint density at radius 2 is 1.84 bits per heavy atom. The van der Waals surface area contributed by atoms with Crippen molar-refractivity contribution in [1.29, 1.82) is 0 Å². The largest absolute Gasteiger partial charge is 1.00 e. The van der Waals surface area contributed by atoms with E-state index >= 15 is 0 Å². The normalized spacial score (nSPS) is 10.2. The highest BCUT2D eigenvalue weighted by atomic mass is 35.5. The Morgan fingerprint density at radius 1 is 1.16 bits per heavy atom. The molecule has 3 nitrogen and oxygen atoms in total. The maximum atomic E-state index is 11.8. The first-order valence-electron chi connectivity index (χ1n) is 5.40. The van der Waals surface area contributed by atoms with Gasteiger partial charge in [-0.1, -0.05) is 41.9 Å². The fraction of sp³-hybridized carbons (Fsp3) is 0. The molecule has 0 atom stereocenters. The van der Waals surface area contributed by atoms with E-state index in [1.165, 1.54) is 6.08 Å². The first kappa shape index (κ1) is 15.2. The van der Waals surface area contributed by atoms with Crippen molar-refractivity contribution in [3.05, 3.63) is 65.3 Å². The number of ketones is 1. The lowest BCUT2D eigenvalue weighted by atomic mass is 10.1. The summed E-state index contributed by atoms with van der Waals surface area (Å²) in [4.78, 5) is 11.8. The molecule has 0 amide bonds. The van der Waals surface area contributed by atoms with Crippen molar-refractivity contribution in [2.24, 2.45) is 0 Å². The Kier molecular flexibility index (Phi) is 5.55. The minimum Gasteiger partial charge on any atom is -1.00 e. The molecule has 0 bridgehead atoms. The first-order chi connectivity index (χ1) is 8.66. The van der Waals surface area contributed by atoms with Crippen LogP contribution in [0.5, 0.6) is 0 Å². The molecule has 5 heteroatoms. The van der Waals surface area contributed by atoms with E-state index in [9.17, 15) is 4.79 Å². The summed E-state index contributed by atoms with van der Waals surface area (Å²) in [6, 6.07) is 12.4. The number of halogens is 2. The number of anilines is 1. The van der Waals surface area contributed by atoms with Gasteiger partial charge in [0.2, 0.25) is 0 Å². The summed E-state index contributed by atoms with van der Waals surface area (Å²) < 4.78 is 1.60. The molecule has 0 aliphatic carbocycles. The van der Waals surface area contributed by atoms with Gasteiger partial charge in [-0.05, 0) is 6.07 Å². The van der Waals surface area contributed by atoms with Gasteiger partial charge in [-0.15, -0.1) is 0 Å². The van der Waals surface area contributed by atoms with Gasteiger partial charge in [0.25, 0.3) is 5.82 Å². The summed E-state index contributed by atoms with van der Waals surface area (Å²) in [6.07, 6.45) is 4.70. The molecule has 1 heterocycles. The summed E-state index contributed by atoms with van der Waals surface area (Å²) in [5.41, 5.74) is 6.39. The van der Waals surface area contributed by atoms with Crippen LogP contribution in [0.1, 0.15) is 10.4 Å². The number of pyridine rings is 1. The van der Waals surface area contributed by atoms with Gasteiger partial charge >= 0.3 is 0 Å². The van der Waals surface area contributed by atoms with E-state index in [2.05, 4.69) is 0 Å². The van der Waals surface area contributed by atoms with Gasteiger partial charge in [-0.2, -0.15) is 0 Å². The smallest absolute Gasteiger partial charge is 0.277 e. The molecule has 0 radical (unpaired) electrons. The molecule has 1 aromatic carbocycles. The second-order valence-electron chi connectivity index (χ2n) is 3.73. The highest BCUT2D eigenvalue weighted by Crippen LogP contribution is 2.06. The van der Waals surface area contributed by atoms with Crippen LogP contribution in [0.3, 0.4) is 0 Å². The maximum Gasteiger partial charge on any atom is 0.277 e. The zero-order valence-corrected chi connectivity index (χ0v) is 11.5. The molecule has 2 N–H and O–H groups in total. The van der Waals surface area contributed by atoms with Gasteiger partial charge in [0.05, 0.1) is 11.2 Å². The molecule has 0 saturated carbocycles. The fourth-order valence-corrected chi connectivity index (χ4v) is 1.65. The zero-order valence-electron chi connectivity index (χ0n) is 9.96. The van der Waals surface area contributed by atoms with Crippen LogP contribution in [0.15, 0.2) is 54.7 Å². The van der Waals surface area contributed by atoms with Crippen LogP contribution >= 0.6 is 11.6 Å². The van der Waals surface area contributed by atoms with E-state index in [0.29, 0.717) is 16.4 Å². The summed E-state index contributed by atoms with van der Waals surface area (Å²) >= 11 is 5.85. The third kappa shape index (κ3) is 4.09. The number of allylic oxidation sites excluding steroid dienone is 1. The van der Waals surface area contributed by atoms with Gasteiger partial charge in [0, 0.05) is 17.7 Å². The van der Waals surface area contributed by atoms with Crippen LogP contribution < -0.4 is 22.7 Å². The van der Waals surface area contributed by atoms with Gasteiger partial charge in [-0.25, -0.2) is 4.57 Å². The summed E-state index contributed by atoms with van der Waals surface area (Å²) in [5, 5.41) is 0.556. The van der Waals surface area contributed by atoms with Gasteiger partial charge < -0.3 is 12.4 Å². The van der Waals surface area contributed by atoms with Gasteiger partial charge in [0.1, 0.15) is 6.20 Å². The van der Waals surface area contributed by atoms with Crippen LogP contribution in [0.25, 0.3) is 6.20 Å². The molecule has 0 unspecified atom stereocenters. The molecule has 0 aliphatic heterocycles. The standard InChI is InChI=1S/C14H11ClN2O.ClH/c15-12-6-7-14(16)17(10-12)9-8-13(18)11-4-2-1-3-5-11;/h1-10,16H;1H/b9-8+;. The topological polar surface area (TPSA) is 47.0 Å². The first-order valence-corrected chi connectivity index (χ1v) is 5.78. The summed E-state index contributed by atoms with van der Waals surface area (Å²) in [7, 11) is 0. The molecule has 98 valence electrons. The van der Waals surface area contributed by atoms with Crippen LogP contribution in [-0.2, 0) is 0 Å². The Balaban J connectivity index is 0.00000180. The second-order valence-corrected chi connectivity index (χ2v) is 4.16. The molecular weight excluding hydrogens is 283 g/mol. The summed E-state index contributed by atoms with van der Waals surface area (Å²) in [6.45, 7) is 0. The average molecular weight is 295 g/mol. The number of carbonyl (C=O) groups is 1. The van der Waals surface area contributed by atoms with Crippen molar-refractivity contribution in [2.45, 2.75) is 0 Å². The van der Waals surface area contributed by atoms with Crippen molar-refractivity contribution in [2.75, 3.05) is 5.73 Å². The van der Waals surface area contributed by atoms with E-state index in [1.807, 2.05) is 18.2 Å². The average Bonchev–Trinajstić information content (AvgIpc) is 2.40. The van der Waals surface area contributed by atoms with Gasteiger partial charge in [0.15, 0.2) is 5.78 Å². The third-order valence-electron chi connectivity index (χ3n) is 2.42. The van der Waals surface area contributed by atoms with Crippen LogP contribution in [0.4, 0.5) is 5.82 Å². The number of benzene rings is 1. The number of carbonyl (C=O) groups excluding carboxylic acids is 1. The lowest BCUT2D eigenvalue weighted by Gasteiger charge is -1.97. The molecule has 0 spiro atoms. The van der Waals surface area contributed by atoms with E-state index in [-0.39, 0.29) is 18.2 Å². The van der Waals surface area contributed by atoms with E-state index in [1.54, 1.807) is 41.2 Å².